The maximum atomic E-state index is 11.7. The molecule has 1 aromatic rings. The first-order valence-corrected chi connectivity index (χ1v) is 5.75. The summed E-state index contributed by atoms with van der Waals surface area (Å²) in [5, 5.41) is 13.2. The Balaban J connectivity index is 2.09. The molecule has 0 fully saturated rings. The van der Waals surface area contributed by atoms with Crippen LogP contribution in [0.1, 0.15) is 12.0 Å². The minimum absolute atomic E-state index is 0.274. The van der Waals surface area contributed by atoms with Crippen molar-refractivity contribution in [3.8, 4) is 0 Å². The van der Waals surface area contributed by atoms with E-state index in [1.54, 1.807) is 11.3 Å². The first-order valence-electron chi connectivity index (χ1n) is 4.81. The maximum Gasteiger partial charge on any atom is 0.411 e. The Bertz CT molecular complexity index is 285. The summed E-state index contributed by atoms with van der Waals surface area (Å²) >= 11 is 1.55. The molecule has 0 saturated heterocycles. The SMILES string of the molecule is OC(CCc1ccsc1)COCC(F)(F)F. The van der Waals surface area contributed by atoms with Crippen molar-refractivity contribution in [1.82, 2.24) is 0 Å². The van der Waals surface area contributed by atoms with Gasteiger partial charge in [0, 0.05) is 0 Å². The molecule has 0 aliphatic rings. The van der Waals surface area contributed by atoms with Gasteiger partial charge in [0.25, 0.3) is 0 Å². The van der Waals surface area contributed by atoms with E-state index in [0.717, 1.165) is 5.56 Å². The second-order valence-electron chi connectivity index (χ2n) is 3.45. The fraction of sp³-hybridized carbons (Fsp3) is 0.600. The quantitative estimate of drug-likeness (QED) is 0.845. The molecule has 92 valence electrons. The number of thiophene rings is 1. The Hall–Kier alpha value is -0.590. The number of rotatable bonds is 6. The van der Waals surface area contributed by atoms with E-state index in [1.165, 1.54) is 0 Å². The molecule has 1 aromatic heterocycles. The zero-order valence-corrected chi connectivity index (χ0v) is 9.35. The molecule has 0 aliphatic carbocycles. The molecule has 0 radical (unpaired) electrons. The molecule has 0 bridgehead atoms. The van der Waals surface area contributed by atoms with Gasteiger partial charge in [-0.15, -0.1) is 0 Å². The fourth-order valence-corrected chi connectivity index (χ4v) is 1.87. The zero-order valence-electron chi connectivity index (χ0n) is 8.54. The van der Waals surface area contributed by atoms with Gasteiger partial charge in [-0.05, 0) is 35.2 Å². The minimum atomic E-state index is -4.33. The number of ether oxygens (including phenoxy) is 1. The third-order valence-corrected chi connectivity index (χ3v) is 2.65. The van der Waals surface area contributed by atoms with Crippen LogP contribution in [0.5, 0.6) is 0 Å². The van der Waals surface area contributed by atoms with Crippen molar-refractivity contribution in [2.24, 2.45) is 0 Å². The predicted molar refractivity (Wildman–Crippen MR) is 55.5 cm³/mol. The van der Waals surface area contributed by atoms with Crippen LogP contribution in [0.15, 0.2) is 16.8 Å². The smallest absolute Gasteiger partial charge is 0.391 e. The summed E-state index contributed by atoms with van der Waals surface area (Å²) in [6.45, 7) is -1.58. The lowest BCUT2D eigenvalue weighted by Gasteiger charge is -2.12. The minimum Gasteiger partial charge on any atom is -0.391 e. The van der Waals surface area contributed by atoms with Crippen molar-refractivity contribution in [3.63, 3.8) is 0 Å². The Kier molecular flexibility index (Phi) is 5.24. The molecular weight excluding hydrogens is 241 g/mol. The van der Waals surface area contributed by atoms with Gasteiger partial charge in [0.05, 0.1) is 12.7 Å². The molecule has 0 aliphatic heterocycles. The number of hydrogen-bond acceptors (Lipinski definition) is 3. The van der Waals surface area contributed by atoms with Crippen molar-refractivity contribution in [3.05, 3.63) is 22.4 Å². The van der Waals surface area contributed by atoms with Crippen molar-refractivity contribution < 1.29 is 23.0 Å². The molecule has 1 N–H and O–H groups in total. The lowest BCUT2D eigenvalue weighted by molar-refractivity contribution is -0.179. The van der Waals surface area contributed by atoms with Gasteiger partial charge in [0.2, 0.25) is 0 Å². The largest absolute Gasteiger partial charge is 0.411 e. The van der Waals surface area contributed by atoms with Crippen LogP contribution in [0.3, 0.4) is 0 Å². The third kappa shape index (κ3) is 6.09. The van der Waals surface area contributed by atoms with Crippen LogP contribution in [0.2, 0.25) is 0 Å². The number of aryl methyl sites for hydroxylation is 1. The Morgan fingerprint density at radius 1 is 1.44 bits per heavy atom. The Labute approximate surface area is 95.7 Å². The van der Waals surface area contributed by atoms with Gasteiger partial charge in [-0.3, -0.25) is 0 Å². The summed E-state index contributed by atoms with van der Waals surface area (Å²) < 4.78 is 39.5. The molecule has 1 atom stereocenters. The molecule has 16 heavy (non-hydrogen) atoms. The van der Waals surface area contributed by atoms with Crippen molar-refractivity contribution in [2.45, 2.75) is 25.1 Å². The van der Waals surface area contributed by atoms with Crippen molar-refractivity contribution in [1.29, 1.82) is 0 Å². The summed E-state index contributed by atoms with van der Waals surface area (Å²) in [4.78, 5) is 0. The Morgan fingerprint density at radius 2 is 2.19 bits per heavy atom. The summed E-state index contributed by atoms with van der Waals surface area (Å²) in [5.74, 6) is 0. The van der Waals surface area contributed by atoms with E-state index >= 15 is 0 Å². The first-order chi connectivity index (χ1) is 7.47. The highest BCUT2D eigenvalue weighted by molar-refractivity contribution is 7.07. The highest BCUT2D eigenvalue weighted by atomic mass is 32.1. The highest BCUT2D eigenvalue weighted by Crippen LogP contribution is 2.15. The van der Waals surface area contributed by atoms with E-state index in [0.29, 0.717) is 12.8 Å². The number of alkyl halides is 3. The van der Waals surface area contributed by atoms with E-state index in [9.17, 15) is 18.3 Å². The monoisotopic (exact) mass is 254 g/mol. The van der Waals surface area contributed by atoms with E-state index in [1.807, 2.05) is 16.8 Å². The standard InChI is InChI=1S/C10H13F3O2S/c11-10(12,13)7-15-5-9(14)2-1-8-3-4-16-6-8/h3-4,6,9,14H,1-2,5,7H2. The average Bonchev–Trinajstić information content (AvgIpc) is 2.65. The van der Waals surface area contributed by atoms with Crippen molar-refractivity contribution >= 4 is 11.3 Å². The van der Waals surface area contributed by atoms with E-state index < -0.39 is 18.9 Å². The number of aliphatic hydroxyl groups is 1. The van der Waals surface area contributed by atoms with Gasteiger partial charge < -0.3 is 9.84 Å². The normalized spacial score (nSPS) is 14.0. The molecule has 1 rings (SSSR count). The predicted octanol–water partition coefficient (Wildman–Crippen LogP) is 2.62. The fourth-order valence-electron chi connectivity index (χ4n) is 1.16. The molecule has 0 amide bonds. The van der Waals surface area contributed by atoms with Crippen LogP contribution < -0.4 is 0 Å². The first kappa shape index (κ1) is 13.5. The van der Waals surface area contributed by atoms with E-state index in [-0.39, 0.29) is 6.61 Å². The zero-order chi connectivity index (χ0) is 12.0. The summed E-state index contributed by atoms with van der Waals surface area (Å²) in [7, 11) is 0. The van der Waals surface area contributed by atoms with Gasteiger partial charge in [-0.25, -0.2) is 0 Å². The maximum absolute atomic E-state index is 11.7. The molecule has 2 nitrogen and oxygen atoms in total. The van der Waals surface area contributed by atoms with Crippen LogP contribution >= 0.6 is 11.3 Å². The van der Waals surface area contributed by atoms with E-state index in [4.69, 9.17) is 0 Å². The van der Waals surface area contributed by atoms with Crippen LogP contribution in [-0.2, 0) is 11.2 Å². The topological polar surface area (TPSA) is 29.5 Å². The molecule has 0 spiro atoms. The second-order valence-corrected chi connectivity index (χ2v) is 4.23. The van der Waals surface area contributed by atoms with Gasteiger partial charge in [-0.1, -0.05) is 0 Å². The molecule has 1 unspecified atom stereocenters. The summed E-state index contributed by atoms with van der Waals surface area (Å²) in [6.07, 6.45) is -4.11. The molecule has 0 saturated carbocycles. The lowest BCUT2D eigenvalue weighted by Crippen LogP contribution is -2.23. The van der Waals surface area contributed by atoms with Gasteiger partial charge in [0.15, 0.2) is 0 Å². The van der Waals surface area contributed by atoms with Crippen molar-refractivity contribution in [2.75, 3.05) is 13.2 Å². The number of hydrogen-bond donors (Lipinski definition) is 1. The molecule has 0 aromatic carbocycles. The molecule has 1 heterocycles. The van der Waals surface area contributed by atoms with Crippen LogP contribution in [-0.4, -0.2) is 30.6 Å². The van der Waals surface area contributed by atoms with Gasteiger partial charge in [0.1, 0.15) is 6.61 Å². The van der Waals surface area contributed by atoms with Gasteiger partial charge in [-0.2, -0.15) is 24.5 Å². The van der Waals surface area contributed by atoms with Crippen LogP contribution in [0.4, 0.5) is 13.2 Å². The second kappa shape index (κ2) is 6.22. The molecular formula is C10H13F3O2S. The molecule has 6 heteroatoms. The highest BCUT2D eigenvalue weighted by Gasteiger charge is 2.27. The number of aliphatic hydroxyl groups excluding tert-OH is 1. The van der Waals surface area contributed by atoms with Crippen LogP contribution in [0, 0.1) is 0 Å². The Morgan fingerprint density at radius 3 is 2.75 bits per heavy atom. The third-order valence-electron chi connectivity index (χ3n) is 1.92. The number of halogens is 3. The average molecular weight is 254 g/mol. The summed E-state index contributed by atoms with van der Waals surface area (Å²) in [6, 6.07) is 1.92. The van der Waals surface area contributed by atoms with Gasteiger partial charge >= 0.3 is 6.18 Å². The summed E-state index contributed by atoms with van der Waals surface area (Å²) in [5.41, 5.74) is 1.08. The van der Waals surface area contributed by atoms with E-state index in [2.05, 4.69) is 4.74 Å². The van der Waals surface area contributed by atoms with Crippen LogP contribution in [0.25, 0.3) is 0 Å². The lowest BCUT2D eigenvalue weighted by atomic mass is 10.1.